The molecule has 0 aromatic rings. The average Bonchev–Trinajstić information content (AvgIpc) is 1.49. The van der Waals surface area contributed by atoms with Crippen LogP contribution in [0.25, 0.3) is 0 Å². The van der Waals surface area contributed by atoms with Crippen LogP contribution in [0.5, 0.6) is 0 Å². The van der Waals surface area contributed by atoms with Gasteiger partial charge in [-0.15, -0.1) is 0 Å². The third-order valence-electron chi connectivity index (χ3n) is 18.9. The van der Waals surface area contributed by atoms with Crippen LogP contribution in [0.15, 0.2) is 0 Å². The van der Waals surface area contributed by atoms with Gasteiger partial charge in [-0.3, -0.25) is 37.3 Å². The highest BCUT2D eigenvalue weighted by atomic mass is 31.2. The molecule has 7 atom stereocenters. The third-order valence-corrected chi connectivity index (χ3v) is 20.8. The Morgan fingerprint density at radius 1 is 0.289 bits per heavy atom. The number of rotatable bonds is 77. The highest BCUT2D eigenvalue weighted by Crippen LogP contribution is 2.45. The number of carbonyl (C=O) groups is 4. The van der Waals surface area contributed by atoms with Crippen molar-refractivity contribution in [1.82, 2.24) is 0 Å². The summed E-state index contributed by atoms with van der Waals surface area (Å²) in [6, 6.07) is 0. The Morgan fingerprint density at radius 3 is 0.732 bits per heavy atom. The van der Waals surface area contributed by atoms with Gasteiger partial charge in [0.2, 0.25) is 0 Å². The maximum absolute atomic E-state index is 13.1. The number of hydrogen-bond acceptors (Lipinski definition) is 15. The Morgan fingerprint density at radius 2 is 0.495 bits per heavy atom. The molecule has 0 radical (unpaired) electrons. The first kappa shape index (κ1) is 95.1. The van der Waals surface area contributed by atoms with Crippen molar-refractivity contribution in [1.29, 1.82) is 0 Å². The summed E-state index contributed by atoms with van der Waals surface area (Å²) in [5, 5.41) is 10.6. The van der Waals surface area contributed by atoms with Crippen LogP contribution < -0.4 is 0 Å². The van der Waals surface area contributed by atoms with Crippen molar-refractivity contribution in [2.75, 3.05) is 39.6 Å². The molecular formula is C78H152O17P2. The second kappa shape index (κ2) is 69.8. The Bertz CT molecular complexity index is 1880. The lowest BCUT2D eigenvalue weighted by molar-refractivity contribution is -0.161. The van der Waals surface area contributed by atoms with Crippen molar-refractivity contribution in [3.05, 3.63) is 0 Å². The zero-order valence-electron chi connectivity index (χ0n) is 63.4. The van der Waals surface area contributed by atoms with Crippen molar-refractivity contribution < 1.29 is 80.2 Å². The van der Waals surface area contributed by atoms with Gasteiger partial charge < -0.3 is 33.8 Å². The predicted molar refractivity (Wildman–Crippen MR) is 395 cm³/mol. The standard InChI is InChI=1S/C78H152O17P2/c1-7-11-13-15-17-19-21-22-23-24-25-26-27-28-29-38-44-50-56-62-77(82)94-74(67-89-76(81)61-55-49-43-37-32-30-34-40-46-52-58-70(5)9-3)69-93-97(86,87)91-65-72(79)64-90-96(84,85)92-68-73(66-88-75(80)60-54-48-42-36-20-18-16-14-12-8-2)95-78(83)63-57-51-45-39-33-31-35-41-47-53-59-71(6)10-4/h70-74,79H,7-69H2,1-6H3,(H,84,85)(H,86,87)/t70?,71?,72-,73+,74+/m0/s1. The van der Waals surface area contributed by atoms with E-state index in [-0.39, 0.29) is 25.7 Å². The summed E-state index contributed by atoms with van der Waals surface area (Å²) < 4.78 is 68.6. The molecule has 97 heavy (non-hydrogen) atoms. The number of phosphoric acid groups is 2. The minimum Gasteiger partial charge on any atom is -0.462 e. The Balaban J connectivity index is 5.24. The molecule has 0 bridgehead atoms. The Hall–Kier alpha value is -1.94. The van der Waals surface area contributed by atoms with E-state index in [2.05, 4.69) is 41.5 Å². The number of carbonyl (C=O) groups excluding carboxylic acids is 4. The molecule has 0 heterocycles. The number of unbranched alkanes of at least 4 members (excludes halogenated alkanes) is 45. The molecule has 0 spiro atoms. The van der Waals surface area contributed by atoms with E-state index in [1.807, 2.05) is 0 Å². The minimum atomic E-state index is -4.96. The highest BCUT2D eigenvalue weighted by molar-refractivity contribution is 7.47. The molecule has 0 aliphatic heterocycles. The van der Waals surface area contributed by atoms with Crippen LogP contribution in [0.1, 0.15) is 408 Å². The van der Waals surface area contributed by atoms with E-state index >= 15 is 0 Å². The summed E-state index contributed by atoms with van der Waals surface area (Å²) in [4.78, 5) is 72.9. The molecule has 0 amide bonds. The van der Waals surface area contributed by atoms with E-state index in [4.69, 9.17) is 37.0 Å². The van der Waals surface area contributed by atoms with Crippen molar-refractivity contribution >= 4 is 39.5 Å². The van der Waals surface area contributed by atoms with E-state index in [9.17, 15) is 43.2 Å². The summed E-state index contributed by atoms with van der Waals surface area (Å²) in [6.45, 7) is 9.66. The maximum atomic E-state index is 13.1. The first-order valence-electron chi connectivity index (χ1n) is 40.6. The van der Waals surface area contributed by atoms with Crippen LogP contribution in [0.3, 0.4) is 0 Å². The fourth-order valence-electron chi connectivity index (χ4n) is 11.9. The van der Waals surface area contributed by atoms with Crippen molar-refractivity contribution in [2.45, 2.75) is 426 Å². The first-order chi connectivity index (χ1) is 46.9. The lowest BCUT2D eigenvalue weighted by Crippen LogP contribution is -2.30. The molecule has 0 saturated heterocycles. The van der Waals surface area contributed by atoms with Gasteiger partial charge in [-0.05, 0) is 37.5 Å². The SMILES string of the molecule is CCCCCCCCCCCCCCCCCCCCCC(=O)O[C@H](COC(=O)CCCCCCCCCCCCC(C)CC)COP(=O)(O)OC[C@@H](O)COP(=O)(O)OC[C@@H](COC(=O)CCCCCCCCCCCC)OC(=O)CCCCCCCCCCCCC(C)CC. The molecule has 0 aromatic heterocycles. The summed E-state index contributed by atoms with van der Waals surface area (Å²) in [7, 11) is -9.91. The van der Waals surface area contributed by atoms with E-state index in [1.54, 1.807) is 0 Å². The van der Waals surface area contributed by atoms with E-state index in [0.717, 1.165) is 102 Å². The normalized spacial score (nSPS) is 14.5. The molecule has 3 N–H and O–H groups in total. The van der Waals surface area contributed by atoms with Crippen LogP contribution in [0.2, 0.25) is 0 Å². The molecular weight excluding hydrogens is 1270 g/mol. The number of ether oxygens (including phenoxy) is 4. The highest BCUT2D eigenvalue weighted by Gasteiger charge is 2.30. The van der Waals surface area contributed by atoms with Crippen molar-refractivity contribution in [3.8, 4) is 0 Å². The molecule has 0 rings (SSSR count). The maximum Gasteiger partial charge on any atom is 0.472 e. The van der Waals surface area contributed by atoms with Crippen LogP contribution >= 0.6 is 15.6 Å². The smallest absolute Gasteiger partial charge is 0.462 e. The molecule has 0 aliphatic carbocycles. The fourth-order valence-corrected chi connectivity index (χ4v) is 13.5. The van der Waals surface area contributed by atoms with E-state index in [0.29, 0.717) is 25.7 Å². The second-order valence-corrected chi connectivity index (χ2v) is 31.5. The molecule has 0 fully saturated rings. The van der Waals surface area contributed by atoms with Gasteiger partial charge >= 0.3 is 39.5 Å². The minimum absolute atomic E-state index is 0.106. The van der Waals surface area contributed by atoms with Gasteiger partial charge in [-0.25, -0.2) is 9.13 Å². The Kier molecular flexibility index (Phi) is 68.4. The molecule has 4 unspecified atom stereocenters. The van der Waals surface area contributed by atoms with Crippen LogP contribution in [0, 0.1) is 11.8 Å². The third kappa shape index (κ3) is 69.5. The molecule has 19 heteroatoms. The van der Waals surface area contributed by atoms with Crippen molar-refractivity contribution in [2.24, 2.45) is 11.8 Å². The van der Waals surface area contributed by atoms with Crippen molar-refractivity contribution in [3.63, 3.8) is 0 Å². The van der Waals surface area contributed by atoms with Crippen LogP contribution in [-0.4, -0.2) is 96.7 Å². The van der Waals surface area contributed by atoms with Gasteiger partial charge in [0, 0.05) is 25.7 Å². The quantitative estimate of drug-likeness (QED) is 0.0222. The number of esters is 4. The van der Waals surface area contributed by atoms with Gasteiger partial charge in [-0.1, -0.05) is 356 Å². The number of aliphatic hydroxyl groups excluding tert-OH is 1. The molecule has 17 nitrogen and oxygen atoms in total. The lowest BCUT2D eigenvalue weighted by Gasteiger charge is -2.21. The summed E-state index contributed by atoms with van der Waals surface area (Å²) in [5.74, 6) is -0.500. The number of aliphatic hydroxyl groups is 1. The van der Waals surface area contributed by atoms with Gasteiger partial charge in [0.15, 0.2) is 12.2 Å². The van der Waals surface area contributed by atoms with Gasteiger partial charge in [-0.2, -0.15) is 0 Å². The lowest BCUT2D eigenvalue weighted by atomic mass is 9.99. The topological polar surface area (TPSA) is 237 Å². The zero-order chi connectivity index (χ0) is 71.4. The monoisotopic (exact) mass is 1420 g/mol. The number of phosphoric ester groups is 2. The van der Waals surface area contributed by atoms with Gasteiger partial charge in [0.25, 0.3) is 0 Å². The second-order valence-electron chi connectivity index (χ2n) is 28.6. The molecule has 0 aromatic carbocycles. The van der Waals surface area contributed by atoms with Crippen LogP contribution in [0.4, 0.5) is 0 Å². The number of hydrogen-bond donors (Lipinski definition) is 3. The summed E-state index contributed by atoms with van der Waals surface area (Å²) in [5.41, 5.74) is 0. The fraction of sp³-hybridized carbons (Fsp3) is 0.949. The molecule has 0 saturated carbocycles. The summed E-state index contributed by atoms with van der Waals surface area (Å²) >= 11 is 0. The van der Waals surface area contributed by atoms with E-state index in [1.165, 1.54) is 225 Å². The molecule has 0 aliphatic rings. The zero-order valence-corrected chi connectivity index (χ0v) is 65.2. The summed E-state index contributed by atoms with van der Waals surface area (Å²) in [6.07, 6.45) is 58.1. The first-order valence-corrected chi connectivity index (χ1v) is 43.6. The van der Waals surface area contributed by atoms with Gasteiger partial charge in [0.05, 0.1) is 26.4 Å². The molecule has 576 valence electrons. The average molecular weight is 1420 g/mol. The van der Waals surface area contributed by atoms with Gasteiger partial charge in [0.1, 0.15) is 19.3 Å². The Labute approximate surface area is 594 Å². The van der Waals surface area contributed by atoms with Crippen LogP contribution in [-0.2, 0) is 65.4 Å². The predicted octanol–water partition coefficient (Wildman–Crippen LogP) is 23.1. The largest absolute Gasteiger partial charge is 0.472 e. The van der Waals surface area contributed by atoms with E-state index < -0.39 is 97.5 Å².